The number of anilines is 2. The number of carbonyl (C=O) groups excluding carboxylic acids is 1. The molecule has 134 valence electrons. The van der Waals surface area contributed by atoms with Gasteiger partial charge in [0.1, 0.15) is 10.6 Å². The lowest BCUT2D eigenvalue weighted by molar-refractivity contribution is 0.102. The Morgan fingerprint density at radius 2 is 1.77 bits per heavy atom. The summed E-state index contributed by atoms with van der Waals surface area (Å²) in [7, 11) is -4.47. The van der Waals surface area contributed by atoms with E-state index in [1.165, 1.54) is 30.3 Å². The van der Waals surface area contributed by atoms with Crippen LogP contribution < -0.4 is 11.1 Å². The number of hydrogen-bond donors (Lipinski definition) is 4. The van der Waals surface area contributed by atoms with Crippen LogP contribution in [-0.2, 0) is 10.1 Å². The second kappa shape index (κ2) is 6.32. The largest absolute Gasteiger partial charge is 0.508 e. The molecule has 0 heterocycles. The number of fused-ring (bicyclic) bond motifs is 1. The van der Waals surface area contributed by atoms with Gasteiger partial charge in [-0.2, -0.15) is 8.42 Å². The van der Waals surface area contributed by atoms with Gasteiger partial charge < -0.3 is 16.2 Å². The van der Waals surface area contributed by atoms with Crippen LogP contribution in [0.3, 0.4) is 0 Å². The van der Waals surface area contributed by atoms with Gasteiger partial charge >= 0.3 is 0 Å². The van der Waals surface area contributed by atoms with Gasteiger partial charge in [-0.1, -0.05) is 6.07 Å². The van der Waals surface area contributed by atoms with E-state index in [4.69, 9.17) is 5.73 Å². The van der Waals surface area contributed by atoms with Crippen molar-refractivity contribution >= 4 is 38.2 Å². The number of nitrogens with one attached hydrogen (secondary N) is 1. The summed E-state index contributed by atoms with van der Waals surface area (Å²) in [6.07, 6.45) is 0. The fraction of sp³-hybridized carbons (Fsp3) is 0.0556. The number of aromatic hydroxyl groups is 1. The number of carbonyl (C=O) groups is 1. The molecule has 1 amide bonds. The van der Waals surface area contributed by atoms with E-state index in [0.717, 1.165) is 5.56 Å². The lowest BCUT2D eigenvalue weighted by Crippen LogP contribution is -2.14. The van der Waals surface area contributed by atoms with Crippen molar-refractivity contribution in [2.24, 2.45) is 0 Å². The van der Waals surface area contributed by atoms with Crippen molar-refractivity contribution in [1.82, 2.24) is 0 Å². The molecule has 0 radical (unpaired) electrons. The fourth-order valence-corrected chi connectivity index (χ4v) is 3.42. The fourth-order valence-electron chi connectivity index (χ4n) is 2.72. The van der Waals surface area contributed by atoms with Crippen LogP contribution in [0.1, 0.15) is 15.9 Å². The summed E-state index contributed by atoms with van der Waals surface area (Å²) >= 11 is 0. The first-order chi connectivity index (χ1) is 12.2. The highest BCUT2D eigenvalue weighted by Crippen LogP contribution is 2.32. The lowest BCUT2D eigenvalue weighted by Gasteiger charge is -2.13. The average molecular weight is 372 g/mol. The standard InChI is InChI=1S/C18H16N2O5S/c1-10-2-4-13(15(19)8-10)18(22)20-16-6-7-17(26(23,24)25)12-5-3-11(21)9-14(12)16/h2-9,21H,19H2,1H3,(H,20,22)(H,23,24,25). The van der Waals surface area contributed by atoms with Gasteiger partial charge in [0.25, 0.3) is 16.0 Å². The molecule has 0 aliphatic rings. The Hall–Kier alpha value is -3.10. The van der Waals surface area contributed by atoms with Crippen molar-refractivity contribution in [3.63, 3.8) is 0 Å². The summed E-state index contributed by atoms with van der Waals surface area (Å²) in [6.45, 7) is 1.85. The summed E-state index contributed by atoms with van der Waals surface area (Å²) in [5.74, 6) is -0.595. The Labute approximate surface area is 149 Å². The number of nitrogen functional groups attached to an aromatic ring is 1. The van der Waals surface area contributed by atoms with E-state index in [1.807, 2.05) is 6.92 Å². The lowest BCUT2D eigenvalue weighted by atomic mass is 10.1. The smallest absolute Gasteiger partial charge is 0.295 e. The second-order valence-electron chi connectivity index (χ2n) is 5.86. The predicted molar refractivity (Wildman–Crippen MR) is 99.0 cm³/mol. The Bertz CT molecular complexity index is 1140. The number of amides is 1. The number of nitrogens with two attached hydrogens (primary N) is 1. The molecule has 0 aromatic heterocycles. The molecular formula is C18H16N2O5S. The number of phenolic OH excluding ortho intramolecular Hbond substituents is 1. The SMILES string of the molecule is Cc1ccc(C(=O)Nc2ccc(S(=O)(=O)O)c3ccc(O)cc23)c(N)c1. The number of benzene rings is 3. The highest BCUT2D eigenvalue weighted by molar-refractivity contribution is 7.86. The van der Waals surface area contributed by atoms with E-state index in [-0.39, 0.29) is 32.7 Å². The highest BCUT2D eigenvalue weighted by atomic mass is 32.2. The minimum atomic E-state index is -4.47. The Balaban J connectivity index is 2.11. The molecule has 5 N–H and O–H groups in total. The quantitative estimate of drug-likeness (QED) is 0.413. The molecule has 7 nitrogen and oxygen atoms in total. The van der Waals surface area contributed by atoms with Gasteiger partial charge in [0.15, 0.2) is 0 Å². The zero-order chi connectivity index (χ0) is 19.1. The maximum Gasteiger partial charge on any atom is 0.295 e. The van der Waals surface area contributed by atoms with Crippen molar-refractivity contribution in [3.8, 4) is 5.75 Å². The van der Waals surface area contributed by atoms with Crippen LogP contribution in [0.25, 0.3) is 10.8 Å². The molecule has 0 saturated heterocycles. The zero-order valence-corrected chi connectivity index (χ0v) is 14.5. The molecule has 26 heavy (non-hydrogen) atoms. The van der Waals surface area contributed by atoms with Gasteiger partial charge in [-0.25, -0.2) is 0 Å². The molecule has 3 aromatic rings. The van der Waals surface area contributed by atoms with Crippen LogP contribution in [0.4, 0.5) is 11.4 Å². The van der Waals surface area contributed by atoms with Crippen molar-refractivity contribution in [1.29, 1.82) is 0 Å². The maximum atomic E-state index is 12.5. The average Bonchev–Trinajstić information content (AvgIpc) is 2.54. The summed E-state index contributed by atoms with van der Waals surface area (Å²) in [5.41, 5.74) is 7.64. The highest BCUT2D eigenvalue weighted by Gasteiger charge is 2.18. The van der Waals surface area contributed by atoms with E-state index in [2.05, 4.69) is 5.32 Å². The molecule has 0 unspecified atom stereocenters. The molecule has 3 rings (SSSR count). The van der Waals surface area contributed by atoms with Crippen LogP contribution in [0, 0.1) is 6.92 Å². The first kappa shape index (κ1) is 17.7. The van der Waals surface area contributed by atoms with Crippen molar-refractivity contribution in [3.05, 3.63) is 59.7 Å². The number of hydrogen-bond acceptors (Lipinski definition) is 5. The minimum absolute atomic E-state index is 0.115. The van der Waals surface area contributed by atoms with E-state index >= 15 is 0 Å². The van der Waals surface area contributed by atoms with Crippen LogP contribution >= 0.6 is 0 Å². The molecule has 0 bridgehead atoms. The molecule has 0 atom stereocenters. The summed E-state index contributed by atoms with van der Waals surface area (Å²) < 4.78 is 32.5. The summed E-state index contributed by atoms with van der Waals surface area (Å²) in [4.78, 5) is 12.2. The molecule has 0 saturated carbocycles. The third-order valence-electron chi connectivity index (χ3n) is 3.94. The van der Waals surface area contributed by atoms with Crippen LogP contribution in [0.5, 0.6) is 5.75 Å². The number of phenols is 1. The van der Waals surface area contributed by atoms with E-state index < -0.39 is 16.0 Å². The van der Waals surface area contributed by atoms with Crippen molar-refractivity contribution < 1.29 is 22.9 Å². The van der Waals surface area contributed by atoms with Crippen LogP contribution in [0.2, 0.25) is 0 Å². The minimum Gasteiger partial charge on any atom is -0.508 e. The zero-order valence-electron chi connectivity index (χ0n) is 13.7. The maximum absolute atomic E-state index is 12.5. The van der Waals surface area contributed by atoms with E-state index in [1.54, 1.807) is 18.2 Å². The second-order valence-corrected chi connectivity index (χ2v) is 7.25. The third kappa shape index (κ3) is 3.32. The first-order valence-electron chi connectivity index (χ1n) is 7.57. The van der Waals surface area contributed by atoms with Gasteiger partial charge in [-0.3, -0.25) is 9.35 Å². The Kier molecular flexibility index (Phi) is 4.31. The van der Waals surface area contributed by atoms with Gasteiger partial charge in [0, 0.05) is 22.1 Å². The molecular weight excluding hydrogens is 356 g/mol. The monoisotopic (exact) mass is 372 g/mol. The Morgan fingerprint density at radius 1 is 1.04 bits per heavy atom. The Morgan fingerprint density at radius 3 is 2.42 bits per heavy atom. The molecule has 3 aromatic carbocycles. The number of rotatable bonds is 3. The van der Waals surface area contributed by atoms with Crippen LogP contribution in [0.15, 0.2) is 53.4 Å². The normalized spacial score (nSPS) is 11.5. The molecule has 0 aliphatic carbocycles. The number of aryl methyl sites for hydroxylation is 1. The van der Waals surface area contributed by atoms with E-state index in [9.17, 15) is 22.9 Å². The molecule has 0 aliphatic heterocycles. The van der Waals surface area contributed by atoms with Crippen LogP contribution in [-0.4, -0.2) is 24.0 Å². The van der Waals surface area contributed by atoms with Crippen molar-refractivity contribution in [2.75, 3.05) is 11.1 Å². The predicted octanol–water partition coefficient (Wildman–Crippen LogP) is 2.94. The third-order valence-corrected chi connectivity index (χ3v) is 4.85. The topological polar surface area (TPSA) is 130 Å². The molecule has 0 spiro atoms. The summed E-state index contributed by atoms with van der Waals surface area (Å²) in [6, 6.07) is 11.5. The summed E-state index contributed by atoms with van der Waals surface area (Å²) in [5, 5.41) is 12.8. The molecule has 0 fully saturated rings. The molecule has 8 heteroatoms. The van der Waals surface area contributed by atoms with Crippen molar-refractivity contribution in [2.45, 2.75) is 11.8 Å². The van der Waals surface area contributed by atoms with Gasteiger partial charge in [0.2, 0.25) is 0 Å². The van der Waals surface area contributed by atoms with Gasteiger partial charge in [-0.15, -0.1) is 0 Å². The van der Waals surface area contributed by atoms with E-state index in [0.29, 0.717) is 5.69 Å². The van der Waals surface area contributed by atoms with Gasteiger partial charge in [0.05, 0.1) is 5.56 Å². The first-order valence-corrected chi connectivity index (χ1v) is 9.01. The van der Waals surface area contributed by atoms with Gasteiger partial charge in [-0.05, 0) is 55.0 Å².